The Hall–Kier alpha value is -3.42. The van der Waals surface area contributed by atoms with E-state index in [1.165, 1.54) is 0 Å². The van der Waals surface area contributed by atoms with Gasteiger partial charge in [0, 0.05) is 11.6 Å². The Balaban J connectivity index is 1.73. The number of urea groups is 1. The molecule has 2 aromatic rings. The predicted octanol–water partition coefficient (Wildman–Crippen LogP) is 1.84. The van der Waals surface area contributed by atoms with Crippen LogP contribution >= 0.6 is 0 Å². The molecule has 3 rings (SSSR count). The topological polar surface area (TPSA) is 107 Å². The molecule has 2 N–H and O–H groups in total. The highest BCUT2D eigenvalue weighted by atomic mass is 16.5. The molecule has 1 aromatic carbocycles. The fourth-order valence-electron chi connectivity index (χ4n) is 3.06. The van der Waals surface area contributed by atoms with Crippen molar-refractivity contribution in [2.75, 3.05) is 13.2 Å². The largest absolute Gasteiger partial charge is 0.463 e. The van der Waals surface area contributed by atoms with E-state index in [9.17, 15) is 14.4 Å². The molecule has 0 saturated carbocycles. The molecule has 1 aliphatic rings. The smallest absolute Gasteiger partial charge is 0.338 e. The number of ether oxygens (including phenoxy) is 2. The van der Waals surface area contributed by atoms with Crippen molar-refractivity contribution < 1.29 is 23.9 Å². The zero-order valence-electron chi connectivity index (χ0n) is 15.7. The van der Waals surface area contributed by atoms with Crippen LogP contribution < -0.4 is 10.6 Å². The molecule has 0 saturated heterocycles. The zero-order chi connectivity index (χ0) is 20.1. The molecule has 1 aliphatic heterocycles. The molecular formula is C20H21N3O5. The van der Waals surface area contributed by atoms with Crippen LogP contribution in [0.1, 0.15) is 19.4 Å². The van der Waals surface area contributed by atoms with Gasteiger partial charge in [0.25, 0.3) is 0 Å². The SMILES string of the molecule is CCOC(=O)C1=C(COC(=O)Cc2cccc3cccnc23)NC(=O)NC1C. The van der Waals surface area contributed by atoms with Gasteiger partial charge in [0.05, 0.1) is 35.9 Å². The van der Waals surface area contributed by atoms with Gasteiger partial charge in [0.2, 0.25) is 0 Å². The minimum Gasteiger partial charge on any atom is -0.463 e. The zero-order valence-corrected chi connectivity index (χ0v) is 15.7. The summed E-state index contributed by atoms with van der Waals surface area (Å²) >= 11 is 0. The van der Waals surface area contributed by atoms with E-state index < -0.39 is 24.0 Å². The Morgan fingerprint density at radius 3 is 2.75 bits per heavy atom. The number of para-hydroxylation sites is 1. The number of pyridine rings is 1. The first-order valence-electron chi connectivity index (χ1n) is 8.95. The molecule has 28 heavy (non-hydrogen) atoms. The van der Waals surface area contributed by atoms with Gasteiger partial charge in [-0.05, 0) is 25.5 Å². The van der Waals surface area contributed by atoms with Crippen molar-refractivity contribution in [3.8, 4) is 0 Å². The van der Waals surface area contributed by atoms with Gasteiger partial charge in [-0.3, -0.25) is 9.78 Å². The second-order valence-electron chi connectivity index (χ2n) is 6.26. The Kier molecular flexibility index (Phi) is 5.88. The minimum absolute atomic E-state index is 0.0259. The molecule has 2 amide bonds. The number of hydrogen-bond acceptors (Lipinski definition) is 6. The van der Waals surface area contributed by atoms with Gasteiger partial charge in [-0.1, -0.05) is 24.3 Å². The molecule has 0 bridgehead atoms. The summed E-state index contributed by atoms with van der Waals surface area (Å²) < 4.78 is 10.3. The maximum absolute atomic E-state index is 12.3. The van der Waals surface area contributed by atoms with Crippen LogP contribution in [-0.2, 0) is 25.5 Å². The lowest BCUT2D eigenvalue weighted by Gasteiger charge is -2.26. The molecular weight excluding hydrogens is 362 g/mol. The van der Waals surface area contributed by atoms with Gasteiger partial charge in [-0.25, -0.2) is 9.59 Å². The summed E-state index contributed by atoms with van der Waals surface area (Å²) in [5.74, 6) is -1.05. The second kappa shape index (κ2) is 8.51. The average Bonchev–Trinajstić information content (AvgIpc) is 2.66. The second-order valence-corrected chi connectivity index (χ2v) is 6.26. The van der Waals surface area contributed by atoms with Crippen LogP contribution in [0.2, 0.25) is 0 Å². The van der Waals surface area contributed by atoms with Crippen molar-refractivity contribution in [2.45, 2.75) is 26.3 Å². The van der Waals surface area contributed by atoms with E-state index in [0.717, 1.165) is 16.5 Å². The number of nitrogens with zero attached hydrogens (tertiary/aromatic N) is 1. The summed E-state index contributed by atoms with van der Waals surface area (Å²) in [6.45, 7) is 3.32. The number of benzene rings is 1. The normalized spacial score (nSPS) is 16.4. The van der Waals surface area contributed by atoms with Gasteiger partial charge in [0.1, 0.15) is 6.61 Å². The first kappa shape index (κ1) is 19.3. The molecule has 0 radical (unpaired) electrons. The van der Waals surface area contributed by atoms with Crippen LogP contribution in [0.4, 0.5) is 4.79 Å². The first-order valence-corrected chi connectivity index (χ1v) is 8.95. The predicted molar refractivity (Wildman–Crippen MR) is 101 cm³/mol. The van der Waals surface area contributed by atoms with Crippen molar-refractivity contribution >= 4 is 28.9 Å². The molecule has 8 nitrogen and oxygen atoms in total. The quantitative estimate of drug-likeness (QED) is 0.737. The molecule has 1 aromatic heterocycles. The van der Waals surface area contributed by atoms with E-state index >= 15 is 0 Å². The third-order valence-corrected chi connectivity index (χ3v) is 4.29. The number of fused-ring (bicyclic) bond motifs is 1. The van der Waals surface area contributed by atoms with Crippen molar-refractivity contribution in [3.05, 3.63) is 53.4 Å². The molecule has 0 spiro atoms. The van der Waals surface area contributed by atoms with Crippen LogP contribution in [0, 0.1) is 0 Å². The highest BCUT2D eigenvalue weighted by Gasteiger charge is 2.30. The number of carbonyl (C=O) groups is 3. The van der Waals surface area contributed by atoms with E-state index in [-0.39, 0.29) is 30.9 Å². The highest BCUT2D eigenvalue weighted by Crippen LogP contribution is 2.18. The van der Waals surface area contributed by atoms with Crippen LogP contribution in [0.15, 0.2) is 47.8 Å². The van der Waals surface area contributed by atoms with Crippen LogP contribution in [0.5, 0.6) is 0 Å². The van der Waals surface area contributed by atoms with E-state index in [1.807, 2.05) is 30.3 Å². The Morgan fingerprint density at radius 2 is 1.96 bits per heavy atom. The summed E-state index contributed by atoms with van der Waals surface area (Å²) in [5, 5.41) is 6.04. The molecule has 146 valence electrons. The van der Waals surface area contributed by atoms with E-state index in [2.05, 4.69) is 15.6 Å². The monoisotopic (exact) mass is 383 g/mol. The van der Waals surface area contributed by atoms with Crippen LogP contribution in [0.3, 0.4) is 0 Å². The lowest BCUT2D eigenvalue weighted by atomic mass is 10.0. The van der Waals surface area contributed by atoms with Crippen molar-refractivity contribution in [3.63, 3.8) is 0 Å². The first-order chi connectivity index (χ1) is 13.5. The summed E-state index contributed by atoms with van der Waals surface area (Å²) in [6, 6.07) is 8.30. The number of hydrogen-bond donors (Lipinski definition) is 2. The Labute approximate surface area is 161 Å². The van der Waals surface area contributed by atoms with Crippen LogP contribution in [-0.4, -0.2) is 42.2 Å². The Bertz CT molecular complexity index is 949. The van der Waals surface area contributed by atoms with Gasteiger partial charge < -0.3 is 20.1 Å². The highest BCUT2D eigenvalue weighted by molar-refractivity contribution is 5.94. The number of nitrogens with one attached hydrogen (secondary N) is 2. The van der Waals surface area contributed by atoms with Crippen LogP contribution in [0.25, 0.3) is 10.9 Å². The molecule has 0 aliphatic carbocycles. The summed E-state index contributed by atoms with van der Waals surface area (Å²) in [6.07, 6.45) is 1.69. The number of rotatable bonds is 6. The minimum atomic E-state index is -0.563. The fourth-order valence-corrected chi connectivity index (χ4v) is 3.06. The van der Waals surface area contributed by atoms with Gasteiger partial charge in [-0.2, -0.15) is 0 Å². The summed E-state index contributed by atoms with van der Waals surface area (Å²) in [7, 11) is 0. The number of esters is 2. The molecule has 2 heterocycles. The van der Waals surface area contributed by atoms with E-state index in [0.29, 0.717) is 0 Å². The number of carbonyl (C=O) groups excluding carboxylic acids is 3. The fraction of sp³-hybridized carbons (Fsp3) is 0.300. The van der Waals surface area contributed by atoms with Gasteiger partial charge in [0.15, 0.2) is 0 Å². The van der Waals surface area contributed by atoms with E-state index in [1.54, 1.807) is 20.0 Å². The number of aromatic nitrogens is 1. The maximum Gasteiger partial charge on any atom is 0.338 e. The maximum atomic E-state index is 12.3. The molecule has 8 heteroatoms. The third kappa shape index (κ3) is 4.28. The summed E-state index contributed by atoms with van der Waals surface area (Å²) in [4.78, 5) is 40.6. The van der Waals surface area contributed by atoms with E-state index in [4.69, 9.17) is 9.47 Å². The van der Waals surface area contributed by atoms with Gasteiger partial charge in [-0.15, -0.1) is 0 Å². The van der Waals surface area contributed by atoms with Crippen molar-refractivity contribution in [1.29, 1.82) is 0 Å². The molecule has 1 unspecified atom stereocenters. The molecule has 0 fully saturated rings. The number of amides is 2. The average molecular weight is 383 g/mol. The lowest BCUT2D eigenvalue weighted by molar-refractivity contribution is -0.143. The third-order valence-electron chi connectivity index (χ3n) is 4.29. The molecule has 1 atom stereocenters. The Morgan fingerprint density at radius 1 is 1.18 bits per heavy atom. The van der Waals surface area contributed by atoms with Crippen molar-refractivity contribution in [2.24, 2.45) is 0 Å². The van der Waals surface area contributed by atoms with Crippen molar-refractivity contribution in [1.82, 2.24) is 15.6 Å². The summed E-state index contributed by atoms with van der Waals surface area (Å²) in [5.41, 5.74) is 1.93. The standard InChI is InChI=1S/C20H21N3O5/c1-3-27-19(25)17-12(2)22-20(26)23-15(17)11-28-16(24)10-14-7-4-6-13-8-5-9-21-18(13)14/h4-9,12H,3,10-11H2,1-2H3,(H2,22,23,26). The van der Waals surface area contributed by atoms with Gasteiger partial charge >= 0.3 is 18.0 Å². The lowest BCUT2D eigenvalue weighted by Crippen LogP contribution is -2.50.